The summed E-state index contributed by atoms with van der Waals surface area (Å²) in [6.07, 6.45) is 2.24. The number of nitrogens with one attached hydrogen (secondary N) is 2. The zero-order chi connectivity index (χ0) is 18.1. The van der Waals surface area contributed by atoms with Gasteiger partial charge in [0.25, 0.3) is 5.91 Å². The first kappa shape index (κ1) is 19.0. The first-order chi connectivity index (χ1) is 12.0. The molecule has 2 aromatic rings. The number of ether oxygens (including phenoxy) is 1. The predicted molar refractivity (Wildman–Crippen MR) is 93.5 cm³/mol. The molecule has 1 aromatic carbocycles. The number of sulfonamides is 1. The Balaban J connectivity index is 1.93. The largest absolute Gasteiger partial charge is 0.385 e. The Morgan fingerprint density at radius 1 is 1.16 bits per heavy atom. The molecule has 0 spiro atoms. The maximum Gasteiger partial charge on any atom is 0.251 e. The van der Waals surface area contributed by atoms with Crippen molar-refractivity contribution in [2.75, 3.05) is 20.3 Å². The van der Waals surface area contributed by atoms with Gasteiger partial charge in [0.05, 0.1) is 17.1 Å². The normalized spacial score (nSPS) is 11.2. The van der Waals surface area contributed by atoms with Crippen molar-refractivity contribution in [2.24, 2.45) is 0 Å². The summed E-state index contributed by atoms with van der Waals surface area (Å²) in [5.41, 5.74) is 1.13. The third kappa shape index (κ3) is 5.93. The second kappa shape index (κ2) is 9.26. The summed E-state index contributed by atoms with van der Waals surface area (Å²) in [4.78, 5) is 16.3. The van der Waals surface area contributed by atoms with Crippen LogP contribution in [0.15, 0.2) is 53.6 Å². The van der Waals surface area contributed by atoms with Gasteiger partial charge in [-0.3, -0.25) is 9.78 Å². The zero-order valence-electron chi connectivity index (χ0n) is 13.9. The number of carbonyl (C=O) groups is 1. The van der Waals surface area contributed by atoms with Crippen molar-refractivity contribution in [2.45, 2.75) is 17.9 Å². The molecule has 1 amide bonds. The number of hydrogen-bond donors (Lipinski definition) is 2. The summed E-state index contributed by atoms with van der Waals surface area (Å²) in [5, 5.41) is 2.74. The Kier molecular flexibility index (Phi) is 7.05. The SMILES string of the molecule is COCCCNS(=O)(=O)c1ccc(C(=O)NCc2ccccn2)cc1. The fourth-order valence-electron chi connectivity index (χ4n) is 2.07. The highest BCUT2D eigenvalue weighted by Gasteiger charge is 2.14. The van der Waals surface area contributed by atoms with Crippen molar-refractivity contribution >= 4 is 15.9 Å². The van der Waals surface area contributed by atoms with Crippen LogP contribution >= 0.6 is 0 Å². The van der Waals surface area contributed by atoms with Crippen LogP contribution in [-0.2, 0) is 21.3 Å². The molecule has 0 aliphatic carbocycles. The summed E-state index contributed by atoms with van der Waals surface area (Å²) in [5.74, 6) is -0.289. The molecule has 0 aliphatic rings. The molecule has 2 rings (SSSR count). The molecule has 7 nitrogen and oxygen atoms in total. The molecule has 1 heterocycles. The van der Waals surface area contributed by atoms with E-state index in [-0.39, 0.29) is 10.8 Å². The molecular formula is C17H21N3O4S. The fourth-order valence-corrected chi connectivity index (χ4v) is 3.14. The molecule has 25 heavy (non-hydrogen) atoms. The summed E-state index contributed by atoms with van der Waals surface area (Å²) in [6.45, 7) is 1.08. The average molecular weight is 363 g/mol. The molecule has 0 atom stereocenters. The van der Waals surface area contributed by atoms with Crippen LogP contribution in [0.1, 0.15) is 22.5 Å². The van der Waals surface area contributed by atoms with Gasteiger partial charge in [0.2, 0.25) is 10.0 Å². The molecule has 0 radical (unpaired) electrons. The van der Waals surface area contributed by atoms with Gasteiger partial charge in [0, 0.05) is 32.0 Å². The molecule has 8 heteroatoms. The van der Waals surface area contributed by atoms with Gasteiger partial charge < -0.3 is 10.1 Å². The molecule has 0 bridgehead atoms. The number of pyridine rings is 1. The van der Waals surface area contributed by atoms with Crippen molar-refractivity contribution in [3.05, 3.63) is 59.9 Å². The van der Waals surface area contributed by atoms with Crippen molar-refractivity contribution in [1.29, 1.82) is 0 Å². The van der Waals surface area contributed by atoms with Crippen LogP contribution < -0.4 is 10.0 Å². The van der Waals surface area contributed by atoms with E-state index in [2.05, 4.69) is 15.0 Å². The minimum Gasteiger partial charge on any atom is -0.385 e. The number of methoxy groups -OCH3 is 1. The zero-order valence-corrected chi connectivity index (χ0v) is 14.8. The van der Waals surface area contributed by atoms with Crippen molar-refractivity contribution < 1.29 is 17.9 Å². The van der Waals surface area contributed by atoms with E-state index < -0.39 is 10.0 Å². The quantitative estimate of drug-likeness (QED) is 0.655. The van der Waals surface area contributed by atoms with Crippen LogP contribution in [0.5, 0.6) is 0 Å². The Morgan fingerprint density at radius 2 is 1.92 bits per heavy atom. The number of rotatable bonds is 9. The minimum absolute atomic E-state index is 0.117. The van der Waals surface area contributed by atoms with Gasteiger partial charge in [-0.25, -0.2) is 13.1 Å². The molecule has 134 valence electrons. The number of amides is 1. The minimum atomic E-state index is -3.59. The highest BCUT2D eigenvalue weighted by Crippen LogP contribution is 2.10. The van der Waals surface area contributed by atoms with E-state index in [1.807, 2.05) is 12.1 Å². The van der Waals surface area contributed by atoms with Gasteiger partial charge in [0.15, 0.2) is 0 Å². The van der Waals surface area contributed by atoms with E-state index in [0.717, 1.165) is 5.69 Å². The second-order valence-corrected chi connectivity index (χ2v) is 7.04. The molecule has 0 unspecified atom stereocenters. The highest BCUT2D eigenvalue weighted by molar-refractivity contribution is 7.89. The molecule has 0 fully saturated rings. The third-order valence-electron chi connectivity index (χ3n) is 3.40. The maximum atomic E-state index is 12.1. The van der Waals surface area contributed by atoms with E-state index in [4.69, 9.17) is 4.74 Å². The van der Waals surface area contributed by atoms with Gasteiger partial charge in [-0.2, -0.15) is 0 Å². The molecular weight excluding hydrogens is 342 g/mol. The predicted octanol–water partition coefficient (Wildman–Crippen LogP) is 1.33. The Morgan fingerprint density at radius 3 is 2.56 bits per heavy atom. The lowest BCUT2D eigenvalue weighted by atomic mass is 10.2. The van der Waals surface area contributed by atoms with E-state index in [1.54, 1.807) is 19.4 Å². The third-order valence-corrected chi connectivity index (χ3v) is 4.88. The van der Waals surface area contributed by atoms with Crippen LogP contribution in [-0.4, -0.2) is 39.6 Å². The topological polar surface area (TPSA) is 97.4 Å². The van der Waals surface area contributed by atoms with Crippen LogP contribution in [0.4, 0.5) is 0 Å². The average Bonchev–Trinajstić information content (AvgIpc) is 2.64. The van der Waals surface area contributed by atoms with Crippen LogP contribution in [0, 0.1) is 0 Å². The number of carbonyl (C=O) groups excluding carboxylic acids is 1. The van der Waals surface area contributed by atoms with E-state index in [1.165, 1.54) is 24.3 Å². The number of hydrogen-bond acceptors (Lipinski definition) is 5. The monoisotopic (exact) mass is 363 g/mol. The lowest BCUT2D eigenvalue weighted by Crippen LogP contribution is -2.26. The maximum absolute atomic E-state index is 12.1. The highest BCUT2D eigenvalue weighted by atomic mass is 32.2. The van der Waals surface area contributed by atoms with Crippen molar-refractivity contribution in [3.8, 4) is 0 Å². The van der Waals surface area contributed by atoms with Gasteiger partial charge in [-0.1, -0.05) is 6.07 Å². The van der Waals surface area contributed by atoms with Gasteiger partial charge in [-0.05, 0) is 42.8 Å². The standard InChI is InChI=1S/C17H21N3O4S/c1-24-12-4-11-20-25(22,23)16-8-6-14(7-9-16)17(21)19-13-15-5-2-3-10-18-15/h2-3,5-10,20H,4,11-13H2,1H3,(H,19,21). The van der Waals surface area contributed by atoms with Gasteiger partial charge in [0.1, 0.15) is 0 Å². The molecule has 0 saturated carbocycles. The van der Waals surface area contributed by atoms with E-state index in [0.29, 0.717) is 31.7 Å². The first-order valence-corrected chi connectivity index (χ1v) is 9.28. The lowest BCUT2D eigenvalue weighted by Gasteiger charge is -2.08. The molecule has 2 N–H and O–H groups in total. The van der Waals surface area contributed by atoms with Gasteiger partial charge in [-0.15, -0.1) is 0 Å². The summed E-state index contributed by atoms with van der Waals surface area (Å²) in [6, 6.07) is 11.2. The van der Waals surface area contributed by atoms with Crippen molar-refractivity contribution in [1.82, 2.24) is 15.0 Å². The first-order valence-electron chi connectivity index (χ1n) is 7.80. The summed E-state index contributed by atoms with van der Waals surface area (Å²) >= 11 is 0. The van der Waals surface area contributed by atoms with Crippen LogP contribution in [0.25, 0.3) is 0 Å². The van der Waals surface area contributed by atoms with E-state index >= 15 is 0 Å². The molecule has 1 aromatic heterocycles. The smallest absolute Gasteiger partial charge is 0.251 e. The fraction of sp³-hybridized carbons (Fsp3) is 0.294. The molecule has 0 saturated heterocycles. The summed E-state index contributed by atoms with van der Waals surface area (Å²) in [7, 11) is -2.02. The molecule has 0 aliphatic heterocycles. The number of nitrogens with zero attached hydrogens (tertiary/aromatic N) is 1. The Bertz CT molecular complexity index is 777. The second-order valence-electron chi connectivity index (χ2n) is 5.27. The number of benzene rings is 1. The Labute approximate surface area is 147 Å². The lowest BCUT2D eigenvalue weighted by molar-refractivity contribution is 0.0950. The Hall–Kier alpha value is -2.29. The van der Waals surface area contributed by atoms with Crippen LogP contribution in [0.2, 0.25) is 0 Å². The van der Waals surface area contributed by atoms with Crippen LogP contribution in [0.3, 0.4) is 0 Å². The van der Waals surface area contributed by atoms with E-state index in [9.17, 15) is 13.2 Å². The van der Waals surface area contributed by atoms with Crippen molar-refractivity contribution in [3.63, 3.8) is 0 Å². The van der Waals surface area contributed by atoms with Gasteiger partial charge >= 0.3 is 0 Å². The summed E-state index contributed by atoms with van der Waals surface area (Å²) < 4.78 is 31.6. The number of aromatic nitrogens is 1.